The van der Waals surface area contributed by atoms with Crippen molar-refractivity contribution in [2.75, 3.05) is 13.6 Å². The fourth-order valence-corrected chi connectivity index (χ4v) is 2.52. The van der Waals surface area contributed by atoms with Gasteiger partial charge in [-0.2, -0.15) is 0 Å². The van der Waals surface area contributed by atoms with Crippen LogP contribution >= 0.6 is 24.8 Å². The van der Waals surface area contributed by atoms with E-state index in [1.165, 1.54) is 5.56 Å². The average Bonchev–Trinajstić information content (AvgIpc) is 2.55. The molecule has 6 heteroatoms. The van der Waals surface area contributed by atoms with E-state index in [0.29, 0.717) is 19.5 Å². The molecule has 25 heavy (non-hydrogen) atoms. The molecule has 138 valence electrons. The third-order valence-corrected chi connectivity index (χ3v) is 3.71. The number of amides is 1. The second kappa shape index (κ2) is 12.7. The molecule has 1 N–H and O–H groups in total. The fourth-order valence-electron chi connectivity index (χ4n) is 2.52. The van der Waals surface area contributed by atoms with Gasteiger partial charge in [0, 0.05) is 19.2 Å². The predicted molar refractivity (Wildman–Crippen MR) is 107 cm³/mol. The predicted octanol–water partition coefficient (Wildman–Crippen LogP) is 3.76. The quantitative estimate of drug-likeness (QED) is 0.705. The molecule has 0 aliphatic rings. The van der Waals surface area contributed by atoms with Crippen LogP contribution in [0.2, 0.25) is 0 Å². The minimum absolute atomic E-state index is 0. The first kappa shape index (κ1) is 23.4. The second-order valence-corrected chi connectivity index (χ2v) is 5.77. The first-order valence-corrected chi connectivity index (χ1v) is 8.07. The molecule has 1 amide bonds. The van der Waals surface area contributed by atoms with Crippen LogP contribution in [0.1, 0.15) is 29.7 Å². The smallest absolute Gasteiger partial charge is 0.223 e. The standard InChI is InChI=1S/C19H25N3O.2ClH/c1-16-7-5-8-17(13-16)14-22(19(23)10-6-11-20-2)15-18-9-3-4-12-21-18;;/h3-5,7-9,12-13,20H,6,10-11,14-15H2,1-2H3;2*1H. The molecule has 0 atom stereocenters. The molecule has 0 fully saturated rings. The van der Waals surface area contributed by atoms with E-state index >= 15 is 0 Å². The van der Waals surface area contributed by atoms with Crippen molar-refractivity contribution < 1.29 is 4.79 Å². The molecule has 0 saturated heterocycles. The lowest BCUT2D eigenvalue weighted by Crippen LogP contribution is -2.30. The minimum atomic E-state index is 0. The van der Waals surface area contributed by atoms with Crippen molar-refractivity contribution >= 4 is 30.7 Å². The highest BCUT2D eigenvalue weighted by atomic mass is 35.5. The van der Waals surface area contributed by atoms with E-state index in [1.54, 1.807) is 6.20 Å². The van der Waals surface area contributed by atoms with Gasteiger partial charge in [-0.15, -0.1) is 24.8 Å². The van der Waals surface area contributed by atoms with Crippen molar-refractivity contribution in [2.24, 2.45) is 0 Å². The Kier molecular flexibility index (Phi) is 11.9. The minimum Gasteiger partial charge on any atom is -0.332 e. The van der Waals surface area contributed by atoms with Crippen molar-refractivity contribution in [3.63, 3.8) is 0 Å². The Labute approximate surface area is 162 Å². The van der Waals surface area contributed by atoms with E-state index in [2.05, 4.69) is 35.4 Å². The summed E-state index contributed by atoms with van der Waals surface area (Å²) in [5, 5.41) is 3.09. The van der Waals surface area contributed by atoms with Gasteiger partial charge in [0.1, 0.15) is 0 Å². The zero-order valence-electron chi connectivity index (χ0n) is 14.8. The highest BCUT2D eigenvalue weighted by Gasteiger charge is 2.15. The molecule has 0 radical (unpaired) electrons. The van der Waals surface area contributed by atoms with Gasteiger partial charge in [0.05, 0.1) is 12.2 Å². The van der Waals surface area contributed by atoms with E-state index < -0.39 is 0 Å². The van der Waals surface area contributed by atoms with Gasteiger partial charge < -0.3 is 10.2 Å². The van der Waals surface area contributed by atoms with Gasteiger partial charge in [0.2, 0.25) is 5.91 Å². The lowest BCUT2D eigenvalue weighted by molar-refractivity contribution is -0.132. The number of carbonyl (C=O) groups is 1. The molecular weight excluding hydrogens is 357 g/mol. The lowest BCUT2D eigenvalue weighted by atomic mass is 10.1. The van der Waals surface area contributed by atoms with Crippen LogP contribution in [-0.2, 0) is 17.9 Å². The summed E-state index contributed by atoms with van der Waals surface area (Å²) in [5.74, 6) is 0.174. The van der Waals surface area contributed by atoms with Crippen LogP contribution in [-0.4, -0.2) is 29.4 Å². The molecule has 4 nitrogen and oxygen atoms in total. The van der Waals surface area contributed by atoms with Gasteiger partial charge in [-0.3, -0.25) is 9.78 Å². The second-order valence-electron chi connectivity index (χ2n) is 5.77. The van der Waals surface area contributed by atoms with Gasteiger partial charge in [-0.05, 0) is 44.6 Å². The summed E-state index contributed by atoms with van der Waals surface area (Å²) in [4.78, 5) is 18.8. The maximum absolute atomic E-state index is 12.6. The Bertz CT molecular complexity index is 623. The first-order valence-electron chi connectivity index (χ1n) is 8.07. The van der Waals surface area contributed by atoms with Crippen LogP contribution in [0.15, 0.2) is 48.7 Å². The number of aryl methyl sites for hydroxylation is 1. The Morgan fingerprint density at radius 1 is 1.12 bits per heavy atom. The average molecular weight is 384 g/mol. The molecule has 0 aliphatic heterocycles. The van der Waals surface area contributed by atoms with Crippen molar-refractivity contribution in [1.82, 2.24) is 15.2 Å². The molecule has 0 saturated carbocycles. The van der Waals surface area contributed by atoms with E-state index in [4.69, 9.17) is 0 Å². The first-order chi connectivity index (χ1) is 11.2. The van der Waals surface area contributed by atoms with Gasteiger partial charge in [0.25, 0.3) is 0 Å². The SMILES string of the molecule is CNCCCC(=O)N(Cc1cccc(C)c1)Cc1ccccn1.Cl.Cl. The van der Waals surface area contributed by atoms with Gasteiger partial charge in [-0.25, -0.2) is 0 Å². The van der Waals surface area contributed by atoms with Gasteiger partial charge in [0.15, 0.2) is 0 Å². The Balaban J connectivity index is 0.00000288. The summed E-state index contributed by atoms with van der Waals surface area (Å²) in [6.45, 7) is 4.10. The van der Waals surface area contributed by atoms with Crippen LogP contribution in [0.4, 0.5) is 0 Å². The zero-order valence-corrected chi connectivity index (χ0v) is 16.4. The number of benzene rings is 1. The van der Waals surface area contributed by atoms with Crippen LogP contribution in [0.5, 0.6) is 0 Å². The van der Waals surface area contributed by atoms with E-state index in [0.717, 1.165) is 24.2 Å². The maximum Gasteiger partial charge on any atom is 0.223 e. The van der Waals surface area contributed by atoms with Gasteiger partial charge in [-0.1, -0.05) is 35.9 Å². The molecule has 0 spiro atoms. The van der Waals surface area contributed by atoms with Crippen LogP contribution < -0.4 is 5.32 Å². The number of nitrogens with zero attached hydrogens (tertiary/aromatic N) is 2. The number of nitrogens with one attached hydrogen (secondary N) is 1. The van der Waals surface area contributed by atoms with Gasteiger partial charge >= 0.3 is 0 Å². The van der Waals surface area contributed by atoms with Crippen LogP contribution in [0.25, 0.3) is 0 Å². The fraction of sp³-hybridized carbons (Fsp3) is 0.368. The van der Waals surface area contributed by atoms with Crippen molar-refractivity contribution in [1.29, 1.82) is 0 Å². The third kappa shape index (κ3) is 8.34. The normalized spacial score (nSPS) is 9.68. The zero-order chi connectivity index (χ0) is 16.5. The van der Waals surface area contributed by atoms with Crippen LogP contribution in [0.3, 0.4) is 0 Å². The van der Waals surface area contributed by atoms with Crippen molar-refractivity contribution in [3.05, 3.63) is 65.5 Å². The summed E-state index contributed by atoms with van der Waals surface area (Å²) in [6.07, 6.45) is 3.17. The van der Waals surface area contributed by atoms with E-state index in [-0.39, 0.29) is 30.7 Å². The monoisotopic (exact) mass is 383 g/mol. The number of halogens is 2. The molecule has 0 bridgehead atoms. The molecule has 2 aromatic rings. The summed E-state index contributed by atoms with van der Waals surface area (Å²) >= 11 is 0. The molecular formula is C19H27Cl2N3O. The number of pyridine rings is 1. The molecule has 1 heterocycles. The Morgan fingerprint density at radius 3 is 2.56 bits per heavy atom. The summed E-state index contributed by atoms with van der Waals surface area (Å²) in [6, 6.07) is 14.1. The molecule has 0 unspecified atom stereocenters. The molecule has 1 aromatic heterocycles. The van der Waals surface area contributed by atoms with E-state index in [9.17, 15) is 4.79 Å². The lowest BCUT2D eigenvalue weighted by Gasteiger charge is -2.23. The number of aromatic nitrogens is 1. The number of hydrogen-bond donors (Lipinski definition) is 1. The Hall–Kier alpha value is -1.62. The highest BCUT2D eigenvalue weighted by molar-refractivity contribution is 5.85. The van der Waals surface area contributed by atoms with Crippen molar-refractivity contribution in [3.8, 4) is 0 Å². The topological polar surface area (TPSA) is 45.2 Å². The highest BCUT2D eigenvalue weighted by Crippen LogP contribution is 2.12. The van der Waals surface area contributed by atoms with Crippen molar-refractivity contribution in [2.45, 2.75) is 32.9 Å². The number of hydrogen-bond acceptors (Lipinski definition) is 3. The number of rotatable bonds is 8. The largest absolute Gasteiger partial charge is 0.332 e. The number of carbonyl (C=O) groups excluding carboxylic acids is 1. The molecule has 0 aliphatic carbocycles. The van der Waals surface area contributed by atoms with Crippen LogP contribution in [0, 0.1) is 6.92 Å². The summed E-state index contributed by atoms with van der Waals surface area (Å²) in [5.41, 5.74) is 3.29. The Morgan fingerprint density at radius 2 is 1.92 bits per heavy atom. The summed E-state index contributed by atoms with van der Waals surface area (Å²) < 4.78 is 0. The molecule has 2 rings (SSSR count). The maximum atomic E-state index is 12.6. The third-order valence-electron chi connectivity index (χ3n) is 3.71. The van der Waals surface area contributed by atoms with E-state index in [1.807, 2.05) is 36.2 Å². The summed E-state index contributed by atoms with van der Waals surface area (Å²) in [7, 11) is 1.91. The molecule has 1 aromatic carbocycles.